The van der Waals surface area contributed by atoms with Crippen LogP contribution in [0.4, 0.5) is 13.2 Å². The molecule has 0 aliphatic carbocycles. The number of benzene rings is 1. The Labute approximate surface area is 124 Å². The van der Waals surface area contributed by atoms with Crippen LogP contribution >= 0.6 is 0 Å². The number of carbonyl (C=O) groups excluding carboxylic acids is 1. The molecule has 7 heteroatoms. The van der Waals surface area contributed by atoms with E-state index in [2.05, 4.69) is 10.3 Å². The van der Waals surface area contributed by atoms with E-state index in [1.165, 1.54) is 25.3 Å². The summed E-state index contributed by atoms with van der Waals surface area (Å²) < 4.78 is 43.7. The number of carbonyl (C=O) groups is 1. The molecular weight excluding hydrogens is 297 g/mol. The Hall–Kier alpha value is -2.57. The first-order chi connectivity index (χ1) is 10.5. The number of pyridine rings is 1. The minimum atomic E-state index is -3.11. The van der Waals surface area contributed by atoms with Gasteiger partial charge in [0.2, 0.25) is 0 Å². The number of alkyl halides is 2. The van der Waals surface area contributed by atoms with Crippen molar-refractivity contribution in [2.75, 3.05) is 0 Å². The molecule has 0 aliphatic heterocycles. The summed E-state index contributed by atoms with van der Waals surface area (Å²) in [5.74, 6) is -1.72. The lowest BCUT2D eigenvalue weighted by molar-refractivity contribution is -0.132. The van der Waals surface area contributed by atoms with Gasteiger partial charge >= 0.3 is 6.43 Å². The van der Waals surface area contributed by atoms with Gasteiger partial charge in [-0.15, -0.1) is 0 Å². The molecule has 0 unspecified atom stereocenters. The third-order valence-electron chi connectivity index (χ3n) is 2.88. The highest BCUT2D eigenvalue weighted by Gasteiger charge is 2.19. The van der Waals surface area contributed by atoms with E-state index in [0.29, 0.717) is 11.3 Å². The van der Waals surface area contributed by atoms with Gasteiger partial charge in [-0.25, -0.2) is 4.39 Å². The Balaban J connectivity index is 2.10. The molecule has 4 nitrogen and oxygen atoms in total. The van der Waals surface area contributed by atoms with Crippen molar-refractivity contribution in [3.05, 3.63) is 54.1 Å². The van der Waals surface area contributed by atoms with Gasteiger partial charge in [-0.2, -0.15) is 8.78 Å². The SMILES string of the molecule is C[C@@H](NC(=O)C(F)F)c1ccc(Oc2cccnc2)c(F)c1. The van der Waals surface area contributed by atoms with Crippen molar-refractivity contribution in [1.29, 1.82) is 0 Å². The van der Waals surface area contributed by atoms with E-state index in [1.54, 1.807) is 18.3 Å². The fourth-order valence-electron chi connectivity index (χ4n) is 1.76. The van der Waals surface area contributed by atoms with E-state index in [1.807, 2.05) is 0 Å². The van der Waals surface area contributed by atoms with Crippen molar-refractivity contribution in [1.82, 2.24) is 10.3 Å². The quantitative estimate of drug-likeness (QED) is 0.920. The van der Waals surface area contributed by atoms with Gasteiger partial charge in [0.05, 0.1) is 12.2 Å². The van der Waals surface area contributed by atoms with Crippen molar-refractivity contribution < 1.29 is 22.7 Å². The monoisotopic (exact) mass is 310 g/mol. The van der Waals surface area contributed by atoms with Crippen LogP contribution < -0.4 is 10.1 Å². The van der Waals surface area contributed by atoms with Crippen LogP contribution in [0.3, 0.4) is 0 Å². The van der Waals surface area contributed by atoms with Gasteiger partial charge < -0.3 is 10.1 Å². The van der Waals surface area contributed by atoms with Crippen LogP contribution in [-0.4, -0.2) is 17.3 Å². The Morgan fingerprint density at radius 2 is 2.09 bits per heavy atom. The highest BCUT2D eigenvalue weighted by Crippen LogP contribution is 2.26. The van der Waals surface area contributed by atoms with Crippen molar-refractivity contribution in [3.8, 4) is 11.5 Å². The van der Waals surface area contributed by atoms with Crippen molar-refractivity contribution in [2.45, 2.75) is 19.4 Å². The molecule has 0 bridgehead atoms. The Kier molecular flexibility index (Phi) is 4.98. The Morgan fingerprint density at radius 1 is 1.32 bits per heavy atom. The largest absolute Gasteiger partial charge is 0.453 e. The summed E-state index contributed by atoms with van der Waals surface area (Å²) in [6, 6.07) is 6.49. The second-order valence-corrected chi connectivity index (χ2v) is 4.51. The number of rotatable bonds is 5. The fourth-order valence-corrected chi connectivity index (χ4v) is 1.76. The summed E-state index contributed by atoms with van der Waals surface area (Å²) in [6.45, 7) is 1.48. The number of nitrogens with one attached hydrogen (secondary N) is 1. The summed E-state index contributed by atoms with van der Waals surface area (Å²) in [4.78, 5) is 14.8. The summed E-state index contributed by atoms with van der Waals surface area (Å²) in [6.07, 6.45) is -0.126. The maximum absolute atomic E-state index is 14.0. The number of amides is 1. The second kappa shape index (κ2) is 6.93. The van der Waals surface area contributed by atoms with Crippen LogP contribution in [0.15, 0.2) is 42.7 Å². The molecule has 0 aliphatic rings. The molecule has 0 saturated heterocycles. The average molecular weight is 310 g/mol. The van der Waals surface area contributed by atoms with Gasteiger partial charge in [0.15, 0.2) is 11.6 Å². The summed E-state index contributed by atoms with van der Waals surface area (Å²) in [5.41, 5.74) is 0.352. The molecule has 2 rings (SSSR count). The minimum absolute atomic E-state index is 0.0239. The van der Waals surface area contributed by atoms with Crippen LogP contribution in [-0.2, 0) is 4.79 Å². The molecule has 116 valence electrons. The number of halogens is 3. The molecule has 1 N–H and O–H groups in total. The zero-order chi connectivity index (χ0) is 16.1. The highest BCUT2D eigenvalue weighted by atomic mass is 19.3. The number of hydrogen-bond acceptors (Lipinski definition) is 3. The smallest absolute Gasteiger partial charge is 0.315 e. The molecule has 0 radical (unpaired) electrons. The molecule has 0 fully saturated rings. The van der Waals surface area contributed by atoms with Crippen LogP contribution in [0, 0.1) is 5.82 Å². The topological polar surface area (TPSA) is 51.2 Å². The highest BCUT2D eigenvalue weighted by molar-refractivity contribution is 5.79. The Bertz CT molecular complexity index is 650. The zero-order valence-electron chi connectivity index (χ0n) is 11.6. The lowest BCUT2D eigenvalue weighted by Crippen LogP contribution is -2.31. The van der Waals surface area contributed by atoms with Gasteiger partial charge in [-0.05, 0) is 36.8 Å². The van der Waals surface area contributed by atoms with Crippen molar-refractivity contribution in [2.24, 2.45) is 0 Å². The molecule has 1 aromatic heterocycles. The molecule has 1 atom stereocenters. The molecule has 1 aromatic carbocycles. The van der Waals surface area contributed by atoms with E-state index < -0.39 is 24.2 Å². The summed E-state index contributed by atoms with van der Waals surface area (Å²) in [7, 11) is 0. The maximum Gasteiger partial charge on any atom is 0.315 e. The number of ether oxygens (including phenoxy) is 1. The first-order valence-electron chi connectivity index (χ1n) is 6.43. The molecule has 1 heterocycles. The Morgan fingerprint density at radius 3 is 2.68 bits per heavy atom. The summed E-state index contributed by atoms with van der Waals surface area (Å²) >= 11 is 0. The molecule has 0 spiro atoms. The lowest BCUT2D eigenvalue weighted by Gasteiger charge is -2.15. The first-order valence-corrected chi connectivity index (χ1v) is 6.43. The first kappa shape index (κ1) is 15.8. The number of hydrogen-bond donors (Lipinski definition) is 1. The van der Waals surface area contributed by atoms with Crippen molar-refractivity contribution in [3.63, 3.8) is 0 Å². The number of aromatic nitrogens is 1. The van der Waals surface area contributed by atoms with Crippen LogP contribution in [0.25, 0.3) is 0 Å². The van der Waals surface area contributed by atoms with E-state index in [0.717, 1.165) is 6.07 Å². The van der Waals surface area contributed by atoms with Crippen LogP contribution in [0.1, 0.15) is 18.5 Å². The van der Waals surface area contributed by atoms with E-state index >= 15 is 0 Å². The molecule has 2 aromatic rings. The molecular formula is C15H13F3N2O2. The normalized spacial score (nSPS) is 12.0. The van der Waals surface area contributed by atoms with Gasteiger partial charge in [-0.3, -0.25) is 9.78 Å². The predicted octanol–water partition coefficient (Wildman–Crippen LogP) is 3.46. The standard InChI is InChI=1S/C15H13F3N2O2/c1-9(20-15(21)14(17)18)10-4-5-13(12(16)7-10)22-11-3-2-6-19-8-11/h2-9,14H,1H3,(H,20,21)/t9-/m1/s1. The zero-order valence-corrected chi connectivity index (χ0v) is 11.6. The fraction of sp³-hybridized carbons (Fsp3) is 0.200. The predicted molar refractivity (Wildman–Crippen MR) is 73.3 cm³/mol. The van der Waals surface area contributed by atoms with Gasteiger partial charge in [0.1, 0.15) is 5.75 Å². The van der Waals surface area contributed by atoms with Gasteiger partial charge in [0.25, 0.3) is 5.91 Å². The third-order valence-corrected chi connectivity index (χ3v) is 2.88. The van der Waals surface area contributed by atoms with Crippen LogP contribution in [0.2, 0.25) is 0 Å². The molecule has 1 amide bonds. The third kappa shape index (κ3) is 3.97. The van der Waals surface area contributed by atoms with Crippen molar-refractivity contribution >= 4 is 5.91 Å². The average Bonchev–Trinajstić information content (AvgIpc) is 2.50. The van der Waals surface area contributed by atoms with E-state index in [-0.39, 0.29) is 5.75 Å². The minimum Gasteiger partial charge on any atom is -0.453 e. The van der Waals surface area contributed by atoms with Gasteiger partial charge in [0, 0.05) is 6.20 Å². The van der Waals surface area contributed by atoms with E-state index in [4.69, 9.17) is 4.74 Å². The lowest BCUT2D eigenvalue weighted by atomic mass is 10.1. The summed E-state index contributed by atoms with van der Waals surface area (Å²) in [5, 5.41) is 2.09. The molecule has 0 saturated carbocycles. The van der Waals surface area contributed by atoms with Crippen LogP contribution in [0.5, 0.6) is 11.5 Å². The maximum atomic E-state index is 14.0. The second-order valence-electron chi connectivity index (χ2n) is 4.51. The van der Waals surface area contributed by atoms with Gasteiger partial charge in [-0.1, -0.05) is 6.07 Å². The number of nitrogens with zero attached hydrogens (tertiary/aromatic N) is 1. The molecule has 22 heavy (non-hydrogen) atoms. The van der Waals surface area contributed by atoms with E-state index in [9.17, 15) is 18.0 Å².